The standard InChI is InChI=1S/C18H23N/c1-4-14(3)13-18(19-5-2)17-12-8-10-15-9-6-7-11-16(15)17/h6-12,18-19H,3-5,13H2,1-2H3. The molecule has 2 rings (SSSR count). The molecule has 0 aliphatic carbocycles. The SMILES string of the molecule is C=C(CC)CC(NCC)c1cccc2ccccc12. The lowest BCUT2D eigenvalue weighted by Crippen LogP contribution is -2.21. The van der Waals surface area contributed by atoms with E-state index >= 15 is 0 Å². The van der Waals surface area contributed by atoms with E-state index in [2.05, 4.69) is 68.2 Å². The summed E-state index contributed by atoms with van der Waals surface area (Å²) in [5.74, 6) is 0. The molecule has 1 N–H and O–H groups in total. The lowest BCUT2D eigenvalue weighted by molar-refractivity contribution is 0.546. The van der Waals surface area contributed by atoms with Gasteiger partial charge in [-0.1, -0.05) is 68.5 Å². The second-order valence-corrected chi connectivity index (χ2v) is 4.99. The predicted molar refractivity (Wildman–Crippen MR) is 84.4 cm³/mol. The zero-order valence-corrected chi connectivity index (χ0v) is 11.9. The quantitative estimate of drug-likeness (QED) is 0.726. The monoisotopic (exact) mass is 253 g/mol. The summed E-state index contributed by atoms with van der Waals surface area (Å²) in [6.07, 6.45) is 2.06. The van der Waals surface area contributed by atoms with Crippen LogP contribution in [0.1, 0.15) is 38.3 Å². The van der Waals surface area contributed by atoms with Gasteiger partial charge in [-0.2, -0.15) is 0 Å². The van der Waals surface area contributed by atoms with Crippen LogP contribution in [-0.2, 0) is 0 Å². The van der Waals surface area contributed by atoms with E-state index in [1.807, 2.05) is 0 Å². The van der Waals surface area contributed by atoms with Gasteiger partial charge in [0.1, 0.15) is 0 Å². The maximum Gasteiger partial charge on any atom is 0.0363 e. The van der Waals surface area contributed by atoms with Crippen LogP contribution < -0.4 is 5.32 Å². The van der Waals surface area contributed by atoms with Crippen molar-refractivity contribution in [1.82, 2.24) is 5.32 Å². The molecule has 0 saturated carbocycles. The van der Waals surface area contributed by atoms with Gasteiger partial charge in [-0.05, 0) is 35.7 Å². The second kappa shape index (κ2) is 6.53. The average molecular weight is 253 g/mol. The van der Waals surface area contributed by atoms with Crippen molar-refractivity contribution in [1.29, 1.82) is 0 Å². The van der Waals surface area contributed by atoms with Crippen LogP contribution in [0.5, 0.6) is 0 Å². The molecule has 1 heteroatoms. The third-order valence-corrected chi connectivity index (χ3v) is 3.64. The Kier molecular flexibility index (Phi) is 4.75. The van der Waals surface area contributed by atoms with E-state index in [1.165, 1.54) is 21.9 Å². The van der Waals surface area contributed by atoms with E-state index in [0.29, 0.717) is 6.04 Å². The van der Waals surface area contributed by atoms with Gasteiger partial charge < -0.3 is 5.32 Å². The molecule has 19 heavy (non-hydrogen) atoms. The van der Waals surface area contributed by atoms with Crippen LogP contribution in [-0.4, -0.2) is 6.54 Å². The minimum Gasteiger partial charge on any atom is -0.310 e. The Balaban J connectivity index is 2.40. The minimum atomic E-state index is 0.364. The Morgan fingerprint density at radius 3 is 2.58 bits per heavy atom. The third-order valence-electron chi connectivity index (χ3n) is 3.64. The summed E-state index contributed by atoms with van der Waals surface area (Å²) in [7, 11) is 0. The molecule has 0 heterocycles. The molecule has 0 spiro atoms. The van der Waals surface area contributed by atoms with Crippen LogP contribution in [0.2, 0.25) is 0 Å². The van der Waals surface area contributed by atoms with Gasteiger partial charge in [-0.3, -0.25) is 0 Å². The number of hydrogen-bond acceptors (Lipinski definition) is 1. The van der Waals surface area contributed by atoms with Crippen molar-refractivity contribution in [2.24, 2.45) is 0 Å². The second-order valence-electron chi connectivity index (χ2n) is 4.99. The summed E-state index contributed by atoms with van der Waals surface area (Å²) in [4.78, 5) is 0. The van der Waals surface area contributed by atoms with E-state index in [4.69, 9.17) is 0 Å². The lowest BCUT2D eigenvalue weighted by Gasteiger charge is -2.21. The summed E-state index contributed by atoms with van der Waals surface area (Å²) < 4.78 is 0. The molecule has 0 fully saturated rings. The molecule has 100 valence electrons. The Morgan fingerprint density at radius 2 is 1.84 bits per heavy atom. The lowest BCUT2D eigenvalue weighted by atomic mass is 9.94. The number of rotatable bonds is 6. The van der Waals surface area contributed by atoms with Gasteiger partial charge in [0, 0.05) is 6.04 Å². The number of benzene rings is 2. The first-order valence-electron chi connectivity index (χ1n) is 7.14. The highest BCUT2D eigenvalue weighted by Gasteiger charge is 2.13. The van der Waals surface area contributed by atoms with Crippen molar-refractivity contribution in [2.45, 2.75) is 32.7 Å². The van der Waals surface area contributed by atoms with Crippen LogP contribution in [0.25, 0.3) is 10.8 Å². The maximum absolute atomic E-state index is 4.16. The normalized spacial score (nSPS) is 12.5. The van der Waals surface area contributed by atoms with Gasteiger partial charge in [-0.25, -0.2) is 0 Å². The smallest absolute Gasteiger partial charge is 0.0363 e. The minimum absolute atomic E-state index is 0.364. The molecule has 2 aromatic rings. The Bertz CT molecular complexity index is 551. The molecule has 2 aromatic carbocycles. The van der Waals surface area contributed by atoms with E-state index in [1.54, 1.807) is 0 Å². The zero-order valence-electron chi connectivity index (χ0n) is 11.9. The van der Waals surface area contributed by atoms with Gasteiger partial charge in [-0.15, -0.1) is 0 Å². The van der Waals surface area contributed by atoms with Crippen LogP contribution in [0.4, 0.5) is 0 Å². The first kappa shape index (κ1) is 13.8. The molecule has 1 atom stereocenters. The van der Waals surface area contributed by atoms with Gasteiger partial charge >= 0.3 is 0 Å². The predicted octanol–water partition coefficient (Wildman–Crippen LogP) is 4.85. The molecule has 0 saturated heterocycles. The van der Waals surface area contributed by atoms with Gasteiger partial charge in [0.25, 0.3) is 0 Å². The molecular weight excluding hydrogens is 230 g/mol. The molecule has 0 aromatic heterocycles. The molecule has 0 bridgehead atoms. The number of fused-ring (bicyclic) bond motifs is 1. The first-order chi connectivity index (χ1) is 9.26. The Labute approximate surface area is 116 Å². The largest absolute Gasteiger partial charge is 0.310 e. The topological polar surface area (TPSA) is 12.0 Å². The number of hydrogen-bond donors (Lipinski definition) is 1. The molecular formula is C18H23N. The highest BCUT2D eigenvalue weighted by molar-refractivity contribution is 5.86. The van der Waals surface area contributed by atoms with Gasteiger partial charge in [0.2, 0.25) is 0 Å². The Hall–Kier alpha value is -1.60. The van der Waals surface area contributed by atoms with Crippen molar-refractivity contribution >= 4 is 10.8 Å². The Morgan fingerprint density at radius 1 is 1.11 bits per heavy atom. The van der Waals surface area contributed by atoms with Crippen molar-refractivity contribution < 1.29 is 0 Å². The summed E-state index contributed by atoms with van der Waals surface area (Å²) >= 11 is 0. The van der Waals surface area contributed by atoms with Crippen molar-refractivity contribution in [3.05, 3.63) is 60.2 Å². The van der Waals surface area contributed by atoms with E-state index in [9.17, 15) is 0 Å². The van der Waals surface area contributed by atoms with Gasteiger partial charge in [0.15, 0.2) is 0 Å². The average Bonchev–Trinajstić information content (AvgIpc) is 2.46. The first-order valence-corrected chi connectivity index (χ1v) is 7.14. The fourth-order valence-electron chi connectivity index (χ4n) is 2.53. The van der Waals surface area contributed by atoms with Crippen LogP contribution in [0.15, 0.2) is 54.6 Å². The summed E-state index contributed by atoms with van der Waals surface area (Å²) in [5, 5.41) is 6.25. The molecule has 0 amide bonds. The highest BCUT2D eigenvalue weighted by Crippen LogP contribution is 2.28. The summed E-state index contributed by atoms with van der Waals surface area (Å²) in [5.41, 5.74) is 2.69. The van der Waals surface area contributed by atoms with Gasteiger partial charge in [0.05, 0.1) is 0 Å². The van der Waals surface area contributed by atoms with E-state index < -0.39 is 0 Å². The zero-order chi connectivity index (χ0) is 13.7. The number of nitrogens with one attached hydrogen (secondary N) is 1. The van der Waals surface area contributed by atoms with Crippen LogP contribution >= 0.6 is 0 Å². The maximum atomic E-state index is 4.16. The van der Waals surface area contributed by atoms with Crippen molar-refractivity contribution in [3.8, 4) is 0 Å². The molecule has 1 unspecified atom stereocenters. The van der Waals surface area contributed by atoms with Crippen molar-refractivity contribution in [2.75, 3.05) is 6.54 Å². The fourth-order valence-corrected chi connectivity index (χ4v) is 2.53. The molecule has 0 radical (unpaired) electrons. The fraction of sp³-hybridized carbons (Fsp3) is 0.333. The summed E-state index contributed by atoms with van der Waals surface area (Å²) in [6, 6.07) is 15.5. The highest BCUT2D eigenvalue weighted by atomic mass is 14.9. The summed E-state index contributed by atoms with van der Waals surface area (Å²) in [6.45, 7) is 9.47. The van der Waals surface area contributed by atoms with E-state index in [-0.39, 0.29) is 0 Å². The molecule has 0 aliphatic heterocycles. The van der Waals surface area contributed by atoms with E-state index in [0.717, 1.165) is 19.4 Å². The third kappa shape index (κ3) is 3.24. The molecule has 1 nitrogen and oxygen atoms in total. The molecule has 0 aliphatic rings. The van der Waals surface area contributed by atoms with Crippen LogP contribution in [0, 0.1) is 0 Å². The van der Waals surface area contributed by atoms with Crippen LogP contribution in [0.3, 0.4) is 0 Å². The van der Waals surface area contributed by atoms with Crippen molar-refractivity contribution in [3.63, 3.8) is 0 Å².